The number of methoxy groups -OCH3 is 1. The van der Waals surface area contributed by atoms with E-state index in [4.69, 9.17) is 4.74 Å². The van der Waals surface area contributed by atoms with Gasteiger partial charge in [-0.1, -0.05) is 0 Å². The van der Waals surface area contributed by atoms with Crippen molar-refractivity contribution in [1.29, 1.82) is 0 Å². The first-order valence-corrected chi connectivity index (χ1v) is 8.27. The number of pyridine rings is 1. The lowest BCUT2D eigenvalue weighted by Crippen LogP contribution is -2.19. The molecule has 0 radical (unpaired) electrons. The molecule has 9 heteroatoms. The maximum Gasteiger partial charge on any atom is 0.280 e. The third-order valence-corrected chi connectivity index (χ3v) is 3.96. The van der Waals surface area contributed by atoms with Crippen molar-refractivity contribution in [3.63, 3.8) is 0 Å². The maximum atomic E-state index is 12.4. The van der Waals surface area contributed by atoms with Crippen molar-refractivity contribution in [2.24, 2.45) is 0 Å². The molecule has 1 aromatic carbocycles. The second-order valence-electron chi connectivity index (χ2n) is 5.77. The van der Waals surface area contributed by atoms with Gasteiger partial charge in [0, 0.05) is 18.0 Å². The van der Waals surface area contributed by atoms with Gasteiger partial charge in [-0.2, -0.15) is 4.98 Å². The number of carbonyl (C=O) groups excluding carboxylic acids is 1. The largest absolute Gasteiger partial charge is 0.497 e. The Morgan fingerprint density at radius 2 is 1.93 bits per heavy atom. The van der Waals surface area contributed by atoms with E-state index in [2.05, 4.69) is 30.2 Å². The molecule has 138 valence electrons. The zero-order valence-electron chi connectivity index (χ0n) is 14.7. The number of benzene rings is 1. The molecule has 0 bridgehead atoms. The van der Waals surface area contributed by atoms with Crippen LogP contribution in [0.2, 0.25) is 0 Å². The van der Waals surface area contributed by atoms with Gasteiger partial charge in [-0.3, -0.25) is 24.9 Å². The first-order valence-electron chi connectivity index (χ1n) is 8.27. The quantitative estimate of drug-likeness (QED) is 0.560. The minimum absolute atomic E-state index is 0.0159. The molecule has 0 atom stereocenters. The van der Waals surface area contributed by atoms with Crippen molar-refractivity contribution in [3.8, 4) is 17.0 Å². The molecular formula is C19H14N6O3. The van der Waals surface area contributed by atoms with Gasteiger partial charge in [-0.25, -0.2) is 9.97 Å². The number of ether oxygens (including phenoxy) is 1. The Morgan fingerprint density at radius 1 is 1.11 bits per heavy atom. The van der Waals surface area contributed by atoms with E-state index in [1.54, 1.807) is 37.6 Å². The molecule has 0 spiro atoms. The predicted octanol–water partition coefficient (Wildman–Crippen LogP) is 2.04. The summed E-state index contributed by atoms with van der Waals surface area (Å²) in [5.41, 5.74) is 1.34. The molecule has 3 heterocycles. The van der Waals surface area contributed by atoms with Crippen LogP contribution in [0.25, 0.3) is 22.4 Å². The Labute approximate surface area is 158 Å². The summed E-state index contributed by atoms with van der Waals surface area (Å²) in [6.07, 6.45) is 4.49. The number of nitrogens with zero attached hydrogens (tertiary/aromatic N) is 4. The summed E-state index contributed by atoms with van der Waals surface area (Å²) in [5.74, 6) is 0.252. The molecule has 3 aromatic heterocycles. The number of aromatic amines is 1. The summed E-state index contributed by atoms with van der Waals surface area (Å²) in [6.45, 7) is 0. The van der Waals surface area contributed by atoms with Crippen LogP contribution >= 0.6 is 0 Å². The Kier molecular flexibility index (Phi) is 4.47. The Hall–Kier alpha value is -4.14. The average Bonchev–Trinajstić information content (AvgIpc) is 2.74. The van der Waals surface area contributed by atoms with Crippen LogP contribution in [0.3, 0.4) is 0 Å². The molecule has 0 aliphatic heterocycles. The van der Waals surface area contributed by atoms with Gasteiger partial charge in [0.25, 0.3) is 11.5 Å². The van der Waals surface area contributed by atoms with Crippen LogP contribution in [0.4, 0.5) is 5.95 Å². The number of nitrogens with one attached hydrogen (secondary N) is 2. The van der Waals surface area contributed by atoms with Crippen LogP contribution in [0.15, 0.2) is 59.8 Å². The van der Waals surface area contributed by atoms with Gasteiger partial charge in [-0.05, 0) is 36.4 Å². The minimum atomic E-state index is -0.505. The smallest absolute Gasteiger partial charge is 0.280 e. The van der Waals surface area contributed by atoms with Crippen LogP contribution in [-0.2, 0) is 0 Å². The molecule has 2 N–H and O–H groups in total. The van der Waals surface area contributed by atoms with Gasteiger partial charge in [0.1, 0.15) is 5.75 Å². The van der Waals surface area contributed by atoms with Crippen molar-refractivity contribution in [3.05, 3.63) is 70.9 Å². The van der Waals surface area contributed by atoms with Crippen molar-refractivity contribution >= 4 is 23.0 Å². The Morgan fingerprint density at radius 3 is 2.64 bits per heavy atom. The SMILES string of the molecule is COc1ccc(-c2cnc3nc(NC(=O)c4cccnc4)[nH]c(=O)c3n2)cc1. The van der Waals surface area contributed by atoms with Gasteiger partial charge in [0.15, 0.2) is 11.2 Å². The van der Waals surface area contributed by atoms with E-state index in [0.29, 0.717) is 17.0 Å². The molecule has 0 saturated carbocycles. The number of hydrogen-bond donors (Lipinski definition) is 2. The second kappa shape index (κ2) is 7.23. The highest BCUT2D eigenvalue weighted by Gasteiger charge is 2.12. The monoisotopic (exact) mass is 374 g/mol. The molecule has 9 nitrogen and oxygen atoms in total. The van der Waals surface area contributed by atoms with E-state index in [1.165, 1.54) is 12.4 Å². The molecule has 0 unspecified atom stereocenters. The summed E-state index contributed by atoms with van der Waals surface area (Å²) in [5, 5.41) is 2.52. The molecule has 0 saturated heterocycles. The lowest BCUT2D eigenvalue weighted by atomic mass is 10.1. The third-order valence-electron chi connectivity index (χ3n) is 3.96. The van der Waals surface area contributed by atoms with Crippen molar-refractivity contribution in [2.45, 2.75) is 0 Å². The number of anilines is 1. The first-order chi connectivity index (χ1) is 13.6. The van der Waals surface area contributed by atoms with Crippen molar-refractivity contribution < 1.29 is 9.53 Å². The Bertz CT molecular complexity index is 1210. The summed E-state index contributed by atoms with van der Waals surface area (Å²) >= 11 is 0. The highest BCUT2D eigenvalue weighted by molar-refractivity contribution is 6.03. The Balaban J connectivity index is 1.66. The third kappa shape index (κ3) is 3.40. The van der Waals surface area contributed by atoms with Gasteiger partial charge < -0.3 is 4.74 Å². The number of H-pyrrole nitrogens is 1. The molecule has 4 rings (SSSR count). The number of rotatable bonds is 4. The fourth-order valence-corrected chi connectivity index (χ4v) is 2.55. The average molecular weight is 374 g/mol. The maximum absolute atomic E-state index is 12.4. The van der Waals surface area contributed by atoms with Crippen LogP contribution in [0, 0.1) is 0 Å². The van der Waals surface area contributed by atoms with Gasteiger partial charge >= 0.3 is 0 Å². The molecule has 0 fully saturated rings. The summed E-state index contributed by atoms with van der Waals surface area (Å²) in [7, 11) is 1.58. The summed E-state index contributed by atoms with van der Waals surface area (Å²) in [4.78, 5) is 43.7. The zero-order valence-corrected chi connectivity index (χ0v) is 14.7. The lowest BCUT2D eigenvalue weighted by molar-refractivity contribution is 0.102. The van der Waals surface area contributed by atoms with E-state index >= 15 is 0 Å². The van der Waals surface area contributed by atoms with E-state index in [-0.39, 0.29) is 17.1 Å². The van der Waals surface area contributed by atoms with Crippen LogP contribution in [-0.4, -0.2) is 37.9 Å². The highest BCUT2D eigenvalue weighted by atomic mass is 16.5. The topological polar surface area (TPSA) is 123 Å². The fraction of sp³-hybridized carbons (Fsp3) is 0.0526. The number of hydrogen-bond acceptors (Lipinski definition) is 7. The normalized spacial score (nSPS) is 10.6. The lowest BCUT2D eigenvalue weighted by Gasteiger charge is -2.06. The van der Waals surface area contributed by atoms with Crippen LogP contribution in [0.5, 0.6) is 5.75 Å². The second-order valence-corrected chi connectivity index (χ2v) is 5.77. The number of aromatic nitrogens is 5. The van der Waals surface area contributed by atoms with E-state index < -0.39 is 11.5 Å². The minimum Gasteiger partial charge on any atom is -0.497 e. The van der Waals surface area contributed by atoms with E-state index in [1.807, 2.05) is 12.1 Å². The van der Waals surface area contributed by atoms with Crippen molar-refractivity contribution in [2.75, 3.05) is 12.4 Å². The fourth-order valence-electron chi connectivity index (χ4n) is 2.55. The standard InChI is InChI=1S/C19H14N6O3/c1-28-13-6-4-11(5-7-13)14-10-21-16-15(22-14)18(27)25-19(23-16)24-17(26)12-3-2-8-20-9-12/h2-10H,1H3,(H2,21,23,24,25,26,27). The van der Waals surface area contributed by atoms with Gasteiger partial charge in [-0.15, -0.1) is 0 Å². The number of carbonyl (C=O) groups is 1. The van der Waals surface area contributed by atoms with Crippen LogP contribution < -0.4 is 15.6 Å². The highest BCUT2D eigenvalue weighted by Crippen LogP contribution is 2.21. The predicted molar refractivity (Wildman–Crippen MR) is 102 cm³/mol. The van der Waals surface area contributed by atoms with Gasteiger partial charge in [0.2, 0.25) is 5.95 Å². The van der Waals surface area contributed by atoms with Crippen LogP contribution in [0.1, 0.15) is 10.4 Å². The summed E-state index contributed by atoms with van der Waals surface area (Å²) in [6, 6.07) is 10.5. The number of amides is 1. The molecule has 0 aliphatic rings. The molecule has 0 aliphatic carbocycles. The van der Waals surface area contributed by atoms with Gasteiger partial charge in [0.05, 0.1) is 24.6 Å². The zero-order chi connectivity index (χ0) is 19.5. The molecule has 28 heavy (non-hydrogen) atoms. The molecular weight excluding hydrogens is 360 g/mol. The van der Waals surface area contributed by atoms with E-state index in [9.17, 15) is 9.59 Å². The molecule has 1 amide bonds. The number of fused-ring (bicyclic) bond motifs is 1. The first kappa shape index (κ1) is 17.3. The van der Waals surface area contributed by atoms with E-state index in [0.717, 1.165) is 5.56 Å². The summed E-state index contributed by atoms with van der Waals surface area (Å²) < 4.78 is 5.13. The molecule has 4 aromatic rings. The van der Waals surface area contributed by atoms with Crippen molar-refractivity contribution in [1.82, 2.24) is 24.9 Å².